The SMILES string of the molecule is CC(C)NC(=O)c1cn(CC2CCCCC2)cc(C(=O)N(C)C[C@H](O)c2ccccc2)c1=O. The Bertz CT molecular complexity index is 1010. The Kier molecular flexibility index (Phi) is 8.44. The second-order valence-electron chi connectivity index (χ2n) is 9.36. The molecule has 1 aromatic carbocycles. The summed E-state index contributed by atoms with van der Waals surface area (Å²) in [5.41, 5.74) is 0.0309. The Labute approximate surface area is 195 Å². The van der Waals surface area contributed by atoms with Crippen molar-refractivity contribution in [3.8, 4) is 0 Å². The van der Waals surface area contributed by atoms with Gasteiger partial charge in [0.1, 0.15) is 11.1 Å². The van der Waals surface area contributed by atoms with Crippen molar-refractivity contribution in [2.24, 2.45) is 5.92 Å². The van der Waals surface area contributed by atoms with Crippen molar-refractivity contribution in [1.82, 2.24) is 14.8 Å². The highest BCUT2D eigenvalue weighted by molar-refractivity contribution is 5.99. The molecule has 2 aromatic rings. The third kappa shape index (κ3) is 6.54. The van der Waals surface area contributed by atoms with Crippen molar-refractivity contribution in [1.29, 1.82) is 0 Å². The van der Waals surface area contributed by atoms with Crippen LogP contribution >= 0.6 is 0 Å². The van der Waals surface area contributed by atoms with Crippen LogP contribution in [0.25, 0.3) is 0 Å². The molecule has 0 unspecified atom stereocenters. The molecule has 0 spiro atoms. The van der Waals surface area contributed by atoms with Crippen LogP contribution in [0.1, 0.15) is 78.3 Å². The van der Waals surface area contributed by atoms with Gasteiger partial charge in [-0.1, -0.05) is 49.6 Å². The standard InChI is InChI=1S/C26H35N3O4/c1-18(2)27-25(32)21-15-29(14-19-10-6-4-7-11-19)16-22(24(21)31)26(33)28(3)17-23(30)20-12-8-5-9-13-20/h5,8-9,12-13,15-16,18-19,23,30H,4,6-7,10-11,14,17H2,1-3H3,(H,27,32)/t23-/m0/s1. The molecule has 1 aliphatic rings. The lowest BCUT2D eigenvalue weighted by molar-refractivity contribution is 0.0678. The molecule has 33 heavy (non-hydrogen) atoms. The van der Waals surface area contributed by atoms with Crippen molar-refractivity contribution >= 4 is 11.8 Å². The van der Waals surface area contributed by atoms with Gasteiger partial charge < -0.3 is 19.9 Å². The third-order valence-corrected chi connectivity index (χ3v) is 6.15. The molecule has 1 saturated carbocycles. The van der Waals surface area contributed by atoms with E-state index >= 15 is 0 Å². The van der Waals surface area contributed by atoms with E-state index in [1.165, 1.54) is 24.2 Å². The fourth-order valence-corrected chi connectivity index (χ4v) is 4.39. The second-order valence-corrected chi connectivity index (χ2v) is 9.36. The van der Waals surface area contributed by atoms with Gasteiger partial charge in [-0.15, -0.1) is 0 Å². The van der Waals surface area contributed by atoms with Gasteiger partial charge in [0.15, 0.2) is 0 Å². The maximum Gasteiger partial charge on any atom is 0.259 e. The van der Waals surface area contributed by atoms with Crippen LogP contribution in [0.3, 0.4) is 0 Å². The van der Waals surface area contributed by atoms with E-state index in [1.54, 1.807) is 31.6 Å². The molecular formula is C26H35N3O4. The number of carbonyl (C=O) groups excluding carboxylic acids is 2. The van der Waals surface area contributed by atoms with Gasteiger partial charge in [0.2, 0.25) is 5.43 Å². The van der Waals surface area contributed by atoms with Crippen LogP contribution in [0.4, 0.5) is 0 Å². The van der Waals surface area contributed by atoms with E-state index in [0.717, 1.165) is 12.8 Å². The lowest BCUT2D eigenvalue weighted by Crippen LogP contribution is -2.39. The number of nitrogens with zero attached hydrogens (tertiary/aromatic N) is 2. The molecule has 0 radical (unpaired) electrons. The van der Waals surface area contributed by atoms with E-state index in [1.807, 2.05) is 36.6 Å². The van der Waals surface area contributed by atoms with Gasteiger partial charge in [0, 0.05) is 32.0 Å². The zero-order valence-electron chi connectivity index (χ0n) is 19.8. The summed E-state index contributed by atoms with van der Waals surface area (Å²) in [5.74, 6) is -0.525. The predicted molar refractivity (Wildman–Crippen MR) is 128 cm³/mol. The lowest BCUT2D eigenvalue weighted by atomic mass is 9.89. The molecular weight excluding hydrogens is 418 g/mol. The normalized spacial score (nSPS) is 15.3. The minimum Gasteiger partial charge on any atom is -0.387 e. The van der Waals surface area contributed by atoms with Crippen LogP contribution in [0, 0.1) is 5.92 Å². The van der Waals surface area contributed by atoms with Crippen LogP contribution in [-0.2, 0) is 6.54 Å². The van der Waals surface area contributed by atoms with Gasteiger partial charge in [-0.3, -0.25) is 14.4 Å². The number of benzene rings is 1. The molecule has 3 rings (SSSR count). The van der Waals surface area contributed by atoms with Crippen molar-refractivity contribution in [3.05, 3.63) is 69.6 Å². The van der Waals surface area contributed by atoms with Crippen molar-refractivity contribution in [2.75, 3.05) is 13.6 Å². The van der Waals surface area contributed by atoms with Crippen LogP contribution in [0.2, 0.25) is 0 Å². The number of aliphatic hydroxyl groups excluding tert-OH is 1. The Hall–Kier alpha value is -2.93. The number of hydrogen-bond donors (Lipinski definition) is 2. The maximum absolute atomic E-state index is 13.2. The Morgan fingerprint density at radius 1 is 1.09 bits per heavy atom. The lowest BCUT2D eigenvalue weighted by Gasteiger charge is -2.24. The zero-order chi connectivity index (χ0) is 24.0. The molecule has 1 aromatic heterocycles. The molecule has 0 saturated heterocycles. The van der Waals surface area contributed by atoms with Gasteiger partial charge >= 0.3 is 0 Å². The zero-order valence-corrected chi connectivity index (χ0v) is 19.8. The van der Waals surface area contributed by atoms with Crippen molar-refractivity contribution < 1.29 is 14.7 Å². The van der Waals surface area contributed by atoms with Crippen molar-refractivity contribution in [2.45, 2.75) is 64.6 Å². The average molecular weight is 454 g/mol. The van der Waals surface area contributed by atoms with Crippen LogP contribution in [-0.4, -0.2) is 46.0 Å². The van der Waals surface area contributed by atoms with Crippen LogP contribution < -0.4 is 10.7 Å². The molecule has 1 aliphatic carbocycles. The number of pyridine rings is 1. The minimum atomic E-state index is -0.878. The van der Waals surface area contributed by atoms with Gasteiger partial charge in [0.05, 0.1) is 12.6 Å². The largest absolute Gasteiger partial charge is 0.387 e. The Morgan fingerprint density at radius 3 is 2.36 bits per heavy atom. The molecule has 7 heteroatoms. The summed E-state index contributed by atoms with van der Waals surface area (Å²) < 4.78 is 1.82. The first-order valence-corrected chi connectivity index (χ1v) is 11.8. The molecule has 0 aliphatic heterocycles. The van der Waals surface area contributed by atoms with E-state index < -0.39 is 23.3 Å². The number of rotatable bonds is 8. The van der Waals surface area contributed by atoms with E-state index in [-0.39, 0.29) is 23.7 Å². The van der Waals surface area contributed by atoms with Gasteiger partial charge in [-0.2, -0.15) is 0 Å². The molecule has 1 fully saturated rings. The minimum absolute atomic E-state index is 0.0256. The third-order valence-electron chi connectivity index (χ3n) is 6.15. The fourth-order valence-electron chi connectivity index (χ4n) is 4.39. The van der Waals surface area contributed by atoms with Gasteiger partial charge in [0.25, 0.3) is 11.8 Å². The first-order valence-electron chi connectivity index (χ1n) is 11.8. The Morgan fingerprint density at radius 2 is 1.73 bits per heavy atom. The fraction of sp³-hybridized carbons (Fsp3) is 0.500. The summed E-state index contributed by atoms with van der Waals surface area (Å²) >= 11 is 0. The summed E-state index contributed by atoms with van der Waals surface area (Å²) in [6.45, 7) is 4.35. The molecule has 7 nitrogen and oxygen atoms in total. The van der Waals surface area contributed by atoms with Crippen LogP contribution in [0.15, 0.2) is 47.5 Å². The molecule has 178 valence electrons. The molecule has 0 bridgehead atoms. The number of hydrogen-bond acceptors (Lipinski definition) is 4. The van der Waals surface area contributed by atoms with E-state index in [0.29, 0.717) is 18.0 Å². The summed E-state index contributed by atoms with van der Waals surface area (Å²) in [7, 11) is 1.56. The maximum atomic E-state index is 13.2. The molecule has 1 heterocycles. The van der Waals surface area contributed by atoms with E-state index in [9.17, 15) is 19.5 Å². The van der Waals surface area contributed by atoms with Gasteiger partial charge in [-0.25, -0.2) is 0 Å². The number of carbonyl (C=O) groups is 2. The number of aromatic nitrogens is 1. The monoisotopic (exact) mass is 453 g/mol. The number of likely N-dealkylation sites (N-methyl/N-ethyl adjacent to an activating group) is 1. The first-order chi connectivity index (χ1) is 15.8. The number of nitrogens with one attached hydrogen (secondary N) is 1. The molecule has 1 atom stereocenters. The predicted octanol–water partition coefficient (Wildman–Crippen LogP) is 3.37. The van der Waals surface area contributed by atoms with E-state index in [2.05, 4.69) is 5.32 Å². The average Bonchev–Trinajstić information content (AvgIpc) is 2.80. The highest BCUT2D eigenvalue weighted by Crippen LogP contribution is 2.25. The first kappa shape index (κ1) is 24.7. The highest BCUT2D eigenvalue weighted by atomic mass is 16.3. The molecule has 2 amide bonds. The summed E-state index contributed by atoms with van der Waals surface area (Å²) in [6, 6.07) is 8.94. The summed E-state index contributed by atoms with van der Waals surface area (Å²) in [5, 5.41) is 13.3. The Balaban J connectivity index is 1.88. The van der Waals surface area contributed by atoms with Crippen molar-refractivity contribution in [3.63, 3.8) is 0 Å². The quantitative estimate of drug-likeness (QED) is 0.641. The highest BCUT2D eigenvalue weighted by Gasteiger charge is 2.24. The smallest absolute Gasteiger partial charge is 0.259 e. The summed E-state index contributed by atoms with van der Waals surface area (Å²) in [6.07, 6.45) is 8.06. The van der Waals surface area contributed by atoms with Crippen LogP contribution in [0.5, 0.6) is 0 Å². The topological polar surface area (TPSA) is 91.6 Å². The van der Waals surface area contributed by atoms with E-state index in [4.69, 9.17) is 0 Å². The summed E-state index contributed by atoms with van der Waals surface area (Å²) in [4.78, 5) is 40.5. The van der Waals surface area contributed by atoms with Gasteiger partial charge in [-0.05, 0) is 38.2 Å². The second kappa shape index (κ2) is 11.3. The molecule has 2 N–H and O–H groups in total. The number of aliphatic hydroxyl groups is 1. The number of amides is 2.